The van der Waals surface area contributed by atoms with E-state index in [1.165, 1.54) is 18.3 Å². The van der Waals surface area contributed by atoms with Gasteiger partial charge in [0.2, 0.25) is 0 Å². The molecule has 0 radical (unpaired) electrons. The molecule has 2 aromatic heterocycles. The Balaban J connectivity index is 2.09. The number of thiophene rings is 1. The minimum atomic E-state index is -1.15. The number of carbonyl (C=O) groups is 2. The number of aromatic nitrogens is 1. The van der Waals surface area contributed by atoms with Gasteiger partial charge in [-0.25, -0.2) is 9.78 Å². The summed E-state index contributed by atoms with van der Waals surface area (Å²) in [6.07, 6.45) is 0.864. The Kier molecular flexibility index (Phi) is 4.08. The third kappa shape index (κ3) is 3.49. The normalized spacial score (nSPS) is 11.3. The number of rotatable bonds is 4. The molecule has 7 heteroatoms. The van der Waals surface area contributed by atoms with Crippen LogP contribution in [-0.4, -0.2) is 22.0 Å². The van der Waals surface area contributed by atoms with Crippen molar-refractivity contribution >= 4 is 39.7 Å². The van der Waals surface area contributed by atoms with Crippen LogP contribution in [0.15, 0.2) is 34.5 Å². The van der Waals surface area contributed by atoms with Crippen LogP contribution in [0.4, 0.5) is 5.13 Å². The molecule has 2 heterocycles. The number of amides is 1. The number of hydrogen-bond donors (Lipinski definition) is 2. The van der Waals surface area contributed by atoms with E-state index in [0.29, 0.717) is 5.13 Å². The summed E-state index contributed by atoms with van der Waals surface area (Å²) >= 11 is 2.87. The Bertz CT molecular complexity index is 629. The van der Waals surface area contributed by atoms with E-state index in [4.69, 9.17) is 5.11 Å². The zero-order valence-corrected chi connectivity index (χ0v) is 11.5. The van der Waals surface area contributed by atoms with Crippen LogP contribution in [0.1, 0.15) is 6.92 Å². The Morgan fingerprint density at radius 3 is 2.84 bits per heavy atom. The van der Waals surface area contributed by atoms with Crippen molar-refractivity contribution in [3.8, 4) is 10.6 Å². The van der Waals surface area contributed by atoms with Crippen molar-refractivity contribution in [2.75, 3.05) is 5.32 Å². The fourth-order valence-electron chi connectivity index (χ4n) is 1.32. The first kappa shape index (κ1) is 13.4. The van der Waals surface area contributed by atoms with Gasteiger partial charge < -0.3 is 5.11 Å². The maximum atomic E-state index is 11.7. The quantitative estimate of drug-likeness (QED) is 0.850. The molecule has 98 valence electrons. The average molecular weight is 294 g/mol. The maximum Gasteiger partial charge on any atom is 0.328 e. The number of aliphatic carboxylic acids is 1. The largest absolute Gasteiger partial charge is 0.478 e. The van der Waals surface area contributed by atoms with E-state index in [0.717, 1.165) is 16.6 Å². The van der Waals surface area contributed by atoms with Crippen LogP contribution in [0.25, 0.3) is 10.6 Å². The van der Waals surface area contributed by atoms with E-state index in [-0.39, 0.29) is 5.57 Å². The fourth-order valence-corrected chi connectivity index (χ4v) is 2.78. The first-order valence-electron chi connectivity index (χ1n) is 5.28. The van der Waals surface area contributed by atoms with Crippen molar-refractivity contribution in [3.05, 3.63) is 34.5 Å². The second-order valence-corrected chi connectivity index (χ2v) is 5.44. The van der Waals surface area contributed by atoms with Crippen LogP contribution in [-0.2, 0) is 9.59 Å². The lowest BCUT2D eigenvalue weighted by molar-refractivity contribution is -0.131. The van der Waals surface area contributed by atoms with Crippen LogP contribution in [0.2, 0.25) is 0 Å². The Morgan fingerprint density at radius 2 is 2.21 bits per heavy atom. The van der Waals surface area contributed by atoms with Gasteiger partial charge in [-0.2, -0.15) is 0 Å². The zero-order valence-electron chi connectivity index (χ0n) is 9.91. The number of nitrogens with zero attached hydrogens (tertiary/aromatic N) is 1. The van der Waals surface area contributed by atoms with Gasteiger partial charge in [-0.1, -0.05) is 6.07 Å². The first-order valence-corrected chi connectivity index (χ1v) is 7.04. The number of nitrogens with one attached hydrogen (secondary N) is 1. The molecule has 0 fully saturated rings. The summed E-state index contributed by atoms with van der Waals surface area (Å²) in [5.41, 5.74) is 0.926. The van der Waals surface area contributed by atoms with Crippen LogP contribution in [0, 0.1) is 0 Å². The topological polar surface area (TPSA) is 79.3 Å². The van der Waals surface area contributed by atoms with Gasteiger partial charge in [-0.15, -0.1) is 22.7 Å². The molecule has 0 spiro atoms. The Hall–Kier alpha value is -1.99. The molecule has 0 aromatic carbocycles. The third-order valence-electron chi connectivity index (χ3n) is 2.20. The Morgan fingerprint density at radius 1 is 1.42 bits per heavy atom. The highest BCUT2D eigenvalue weighted by Crippen LogP contribution is 2.28. The van der Waals surface area contributed by atoms with Crippen molar-refractivity contribution in [2.24, 2.45) is 0 Å². The number of anilines is 1. The highest BCUT2D eigenvalue weighted by atomic mass is 32.1. The van der Waals surface area contributed by atoms with Gasteiger partial charge in [-0.3, -0.25) is 10.1 Å². The standard InChI is InChI=1S/C12H10N2O3S2/c1-7(5-10(15)16)11(17)14-12-13-8(6-19-12)9-3-2-4-18-9/h2-6H,1H3,(H,15,16)(H,13,14,17)/b7-5+. The lowest BCUT2D eigenvalue weighted by atomic mass is 10.2. The Labute approximate surface area is 117 Å². The lowest BCUT2D eigenvalue weighted by Crippen LogP contribution is -2.13. The number of hydrogen-bond acceptors (Lipinski definition) is 5. The number of thiazole rings is 1. The van der Waals surface area contributed by atoms with Gasteiger partial charge in [0.05, 0.1) is 10.6 Å². The molecule has 19 heavy (non-hydrogen) atoms. The van der Waals surface area contributed by atoms with Crippen molar-refractivity contribution < 1.29 is 14.7 Å². The zero-order chi connectivity index (χ0) is 13.8. The van der Waals surface area contributed by atoms with E-state index in [2.05, 4.69) is 10.3 Å². The number of carbonyl (C=O) groups excluding carboxylic acids is 1. The third-order valence-corrected chi connectivity index (χ3v) is 3.85. The monoisotopic (exact) mass is 294 g/mol. The van der Waals surface area contributed by atoms with E-state index < -0.39 is 11.9 Å². The van der Waals surface area contributed by atoms with E-state index in [1.54, 1.807) is 11.3 Å². The summed E-state index contributed by atoms with van der Waals surface area (Å²) in [5.74, 6) is -1.61. The van der Waals surface area contributed by atoms with Crippen molar-refractivity contribution in [3.63, 3.8) is 0 Å². The molecule has 0 saturated carbocycles. The number of carboxylic acids is 1. The predicted octanol–water partition coefficient (Wildman–Crippen LogP) is 2.84. The molecule has 0 unspecified atom stereocenters. The molecule has 0 aliphatic heterocycles. The van der Waals surface area contributed by atoms with Gasteiger partial charge >= 0.3 is 5.97 Å². The van der Waals surface area contributed by atoms with E-state index in [1.807, 2.05) is 22.9 Å². The molecule has 2 N–H and O–H groups in total. The highest BCUT2D eigenvalue weighted by molar-refractivity contribution is 7.16. The summed E-state index contributed by atoms with van der Waals surface area (Å²) in [6, 6.07) is 3.87. The van der Waals surface area contributed by atoms with Crippen LogP contribution >= 0.6 is 22.7 Å². The first-order chi connectivity index (χ1) is 9.06. The smallest absolute Gasteiger partial charge is 0.328 e. The second kappa shape index (κ2) is 5.77. The van der Waals surface area contributed by atoms with Gasteiger partial charge in [0.15, 0.2) is 5.13 Å². The number of carboxylic acid groups (broad SMARTS) is 1. The second-order valence-electron chi connectivity index (χ2n) is 3.63. The molecule has 0 aliphatic carbocycles. The van der Waals surface area contributed by atoms with Gasteiger partial charge in [0.1, 0.15) is 0 Å². The van der Waals surface area contributed by atoms with Crippen molar-refractivity contribution in [1.82, 2.24) is 4.98 Å². The van der Waals surface area contributed by atoms with E-state index in [9.17, 15) is 9.59 Å². The molecule has 0 saturated heterocycles. The predicted molar refractivity (Wildman–Crippen MR) is 75.4 cm³/mol. The summed E-state index contributed by atoms with van der Waals surface area (Å²) in [6.45, 7) is 1.44. The molecule has 2 aromatic rings. The van der Waals surface area contributed by atoms with Gasteiger partial charge in [0.25, 0.3) is 5.91 Å². The average Bonchev–Trinajstić information content (AvgIpc) is 2.96. The molecule has 0 aliphatic rings. The molecular weight excluding hydrogens is 284 g/mol. The summed E-state index contributed by atoms with van der Waals surface area (Å²) in [4.78, 5) is 27.4. The van der Waals surface area contributed by atoms with Crippen LogP contribution in [0.3, 0.4) is 0 Å². The van der Waals surface area contributed by atoms with Crippen molar-refractivity contribution in [2.45, 2.75) is 6.92 Å². The summed E-state index contributed by atoms with van der Waals surface area (Å²) in [5, 5.41) is 15.4. The summed E-state index contributed by atoms with van der Waals surface area (Å²) in [7, 11) is 0. The molecule has 0 bridgehead atoms. The van der Waals surface area contributed by atoms with Crippen LogP contribution < -0.4 is 5.32 Å². The van der Waals surface area contributed by atoms with Crippen LogP contribution in [0.5, 0.6) is 0 Å². The molecular formula is C12H10N2O3S2. The fraction of sp³-hybridized carbons (Fsp3) is 0.0833. The van der Waals surface area contributed by atoms with Gasteiger partial charge in [0, 0.05) is 17.0 Å². The molecule has 2 rings (SSSR count). The molecule has 5 nitrogen and oxygen atoms in total. The SMILES string of the molecule is C/C(=C\C(=O)O)C(=O)Nc1nc(-c2cccs2)cs1. The van der Waals surface area contributed by atoms with Gasteiger partial charge in [-0.05, 0) is 18.4 Å². The maximum absolute atomic E-state index is 11.7. The molecule has 0 atom stereocenters. The molecule has 1 amide bonds. The summed E-state index contributed by atoms with van der Waals surface area (Å²) < 4.78 is 0. The van der Waals surface area contributed by atoms with E-state index >= 15 is 0 Å². The minimum Gasteiger partial charge on any atom is -0.478 e. The lowest BCUT2D eigenvalue weighted by Gasteiger charge is -2.00. The van der Waals surface area contributed by atoms with Crippen molar-refractivity contribution in [1.29, 1.82) is 0 Å². The minimum absolute atomic E-state index is 0.125. The highest BCUT2D eigenvalue weighted by Gasteiger charge is 2.10.